The van der Waals surface area contributed by atoms with Gasteiger partial charge in [-0.05, 0) is 43.9 Å². The number of aryl methyl sites for hydroxylation is 2. The van der Waals surface area contributed by atoms with Crippen LogP contribution in [0.4, 0.5) is 0 Å². The van der Waals surface area contributed by atoms with Gasteiger partial charge in [-0.1, -0.05) is 43.7 Å². The van der Waals surface area contributed by atoms with Gasteiger partial charge in [0.2, 0.25) is 5.89 Å². The average molecular weight is 375 g/mol. The Morgan fingerprint density at radius 3 is 2.62 bits per heavy atom. The highest BCUT2D eigenvalue weighted by Gasteiger charge is 2.44. The van der Waals surface area contributed by atoms with Crippen molar-refractivity contribution >= 4 is 18.7 Å². The molecule has 0 aliphatic heterocycles. The molecule has 2 N–H and O–H groups in total. The van der Waals surface area contributed by atoms with Crippen LogP contribution in [0.1, 0.15) is 43.7 Å². The normalized spacial score (nSPS) is 23.5. The van der Waals surface area contributed by atoms with E-state index in [1.807, 2.05) is 52.0 Å². The monoisotopic (exact) mass is 375 g/mol. The van der Waals surface area contributed by atoms with E-state index >= 15 is 0 Å². The molecule has 3 rings (SSSR count). The van der Waals surface area contributed by atoms with Gasteiger partial charge in [0, 0.05) is 5.92 Å². The van der Waals surface area contributed by atoms with Crippen LogP contribution in [0.25, 0.3) is 11.1 Å². The molecule has 6 heteroatoms. The summed E-state index contributed by atoms with van der Waals surface area (Å²) in [6.45, 7) is 8.05. The van der Waals surface area contributed by atoms with Gasteiger partial charge in [-0.15, -0.1) is 0 Å². The maximum Gasteiger partial charge on any atom is 0.326 e. The van der Waals surface area contributed by atoms with Crippen LogP contribution in [-0.4, -0.2) is 20.9 Å². The van der Waals surface area contributed by atoms with Crippen molar-refractivity contribution in [2.24, 2.45) is 5.92 Å². The molecule has 1 aliphatic rings. The Bertz CT molecular complexity index is 937. The summed E-state index contributed by atoms with van der Waals surface area (Å²) >= 11 is 0. The molecule has 0 amide bonds. The van der Waals surface area contributed by atoms with E-state index in [2.05, 4.69) is 6.07 Å². The summed E-state index contributed by atoms with van der Waals surface area (Å²) in [4.78, 5) is 24.0. The Morgan fingerprint density at radius 2 is 2.00 bits per heavy atom. The first kappa shape index (κ1) is 19.1. The molecule has 140 valence electrons. The summed E-state index contributed by atoms with van der Waals surface area (Å²) in [7, 11) is -4.18. The standard InChI is InChI=1S/C20H26NO4P/c1-5-15-7-8-20(6-2,16(11-15)12-26(22,23)24)19-21-17-10-13(3)9-14(4)18(17)25-19/h7-11,16H,5-6,12H2,1-4H3,(H2,22,23,24). The lowest BCUT2D eigenvalue weighted by Gasteiger charge is -2.36. The summed E-state index contributed by atoms with van der Waals surface area (Å²) in [6.07, 6.45) is 7.29. The second kappa shape index (κ2) is 6.80. The maximum atomic E-state index is 11.8. The molecule has 2 unspecified atom stereocenters. The molecule has 26 heavy (non-hydrogen) atoms. The minimum Gasteiger partial charge on any atom is -0.439 e. The number of hydrogen-bond donors (Lipinski definition) is 2. The van der Waals surface area contributed by atoms with Crippen LogP contribution in [0.2, 0.25) is 0 Å². The molecule has 1 heterocycles. The lowest BCUT2D eigenvalue weighted by Crippen LogP contribution is -2.36. The summed E-state index contributed by atoms with van der Waals surface area (Å²) in [5, 5.41) is 0. The van der Waals surface area contributed by atoms with Gasteiger partial charge in [-0.3, -0.25) is 4.57 Å². The van der Waals surface area contributed by atoms with Crippen molar-refractivity contribution in [1.29, 1.82) is 0 Å². The van der Waals surface area contributed by atoms with Crippen LogP contribution in [0.15, 0.2) is 40.4 Å². The fourth-order valence-electron chi connectivity index (χ4n) is 3.89. The minimum atomic E-state index is -4.18. The molecule has 1 aromatic heterocycles. The molecule has 0 saturated carbocycles. The van der Waals surface area contributed by atoms with Gasteiger partial charge in [0.05, 0.1) is 11.6 Å². The highest BCUT2D eigenvalue weighted by molar-refractivity contribution is 7.51. The largest absolute Gasteiger partial charge is 0.439 e. The van der Waals surface area contributed by atoms with Crippen molar-refractivity contribution < 1.29 is 18.8 Å². The van der Waals surface area contributed by atoms with Gasteiger partial charge in [0.15, 0.2) is 5.58 Å². The summed E-state index contributed by atoms with van der Waals surface area (Å²) in [6, 6.07) is 4.03. The van der Waals surface area contributed by atoms with Crippen LogP contribution in [0, 0.1) is 19.8 Å². The molecule has 0 saturated heterocycles. The van der Waals surface area contributed by atoms with Crippen LogP contribution in [-0.2, 0) is 9.98 Å². The van der Waals surface area contributed by atoms with Gasteiger partial charge in [-0.2, -0.15) is 0 Å². The summed E-state index contributed by atoms with van der Waals surface area (Å²) in [5.41, 5.74) is 4.08. The molecule has 0 bridgehead atoms. The third-order valence-corrected chi connectivity index (χ3v) is 6.19. The number of oxazole rings is 1. The van der Waals surface area contributed by atoms with Gasteiger partial charge < -0.3 is 14.2 Å². The summed E-state index contributed by atoms with van der Waals surface area (Å²) in [5.74, 6) is 0.174. The minimum absolute atomic E-state index is 0.217. The molecular formula is C20H26NO4P. The molecule has 0 radical (unpaired) electrons. The number of benzene rings is 1. The zero-order valence-electron chi connectivity index (χ0n) is 15.7. The van der Waals surface area contributed by atoms with E-state index in [0.717, 1.165) is 34.2 Å². The third kappa shape index (κ3) is 3.44. The van der Waals surface area contributed by atoms with E-state index in [0.29, 0.717) is 12.3 Å². The maximum absolute atomic E-state index is 11.8. The van der Waals surface area contributed by atoms with E-state index in [9.17, 15) is 14.4 Å². The summed E-state index contributed by atoms with van der Waals surface area (Å²) < 4.78 is 17.9. The molecule has 1 aromatic carbocycles. The SMILES string of the molecule is CCC1=CC(CP(=O)(O)O)C(CC)(c2nc3cc(C)cc(C)c3o2)C=C1. The Hall–Kier alpha value is -1.68. The first-order valence-electron chi connectivity index (χ1n) is 9.01. The molecule has 0 spiro atoms. The van der Waals surface area contributed by atoms with E-state index in [4.69, 9.17) is 9.40 Å². The van der Waals surface area contributed by atoms with Crippen molar-refractivity contribution in [1.82, 2.24) is 4.98 Å². The zero-order valence-corrected chi connectivity index (χ0v) is 16.6. The van der Waals surface area contributed by atoms with Crippen molar-refractivity contribution in [2.75, 3.05) is 6.16 Å². The smallest absolute Gasteiger partial charge is 0.326 e. The molecule has 0 fully saturated rings. The van der Waals surface area contributed by atoms with Crippen LogP contribution < -0.4 is 0 Å². The molecular weight excluding hydrogens is 349 g/mol. The van der Waals surface area contributed by atoms with E-state index < -0.39 is 13.0 Å². The Labute approximate surface area is 154 Å². The second-order valence-corrected chi connectivity index (χ2v) is 8.92. The molecule has 1 aliphatic carbocycles. The number of rotatable bonds is 5. The van der Waals surface area contributed by atoms with Crippen LogP contribution >= 0.6 is 7.60 Å². The highest BCUT2D eigenvalue weighted by Crippen LogP contribution is 2.49. The number of nitrogens with zero attached hydrogens (tertiary/aromatic N) is 1. The predicted octanol–water partition coefficient (Wildman–Crippen LogP) is 4.79. The van der Waals surface area contributed by atoms with Crippen LogP contribution in [0.5, 0.6) is 0 Å². The van der Waals surface area contributed by atoms with E-state index in [-0.39, 0.29) is 12.1 Å². The zero-order chi connectivity index (χ0) is 19.1. The molecule has 2 aromatic rings. The predicted molar refractivity (Wildman–Crippen MR) is 103 cm³/mol. The quantitative estimate of drug-likeness (QED) is 0.734. The number of hydrogen-bond acceptors (Lipinski definition) is 3. The molecule has 5 nitrogen and oxygen atoms in total. The fourth-order valence-corrected chi connectivity index (χ4v) is 4.83. The molecule has 2 atom stereocenters. The van der Waals surface area contributed by atoms with Gasteiger partial charge in [-0.25, -0.2) is 4.98 Å². The topological polar surface area (TPSA) is 83.6 Å². The Balaban J connectivity index is 2.17. The Kier molecular flexibility index (Phi) is 5.00. The lowest BCUT2D eigenvalue weighted by molar-refractivity contribution is 0.299. The van der Waals surface area contributed by atoms with Crippen LogP contribution in [0.3, 0.4) is 0 Å². The van der Waals surface area contributed by atoms with Crippen molar-refractivity contribution in [3.63, 3.8) is 0 Å². The number of aromatic nitrogens is 1. The Morgan fingerprint density at radius 1 is 1.27 bits per heavy atom. The second-order valence-electron chi connectivity index (χ2n) is 7.23. The van der Waals surface area contributed by atoms with Gasteiger partial charge in [0.25, 0.3) is 0 Å². The van der Waals surface area contributed by atoms with Crippen molar-refractivity contribution in [3.8, 4) is 0 Å². The lowest BCUT2D eigenvalue weighted by atomic mass is 9.70. The number of fused-ring (bicyclic) bond motifs is 1. The van der Waals surface area contributed by atoms with Gasteiger partial charge in [0.1, 0.15) is 5.52 Å². The fraction of sp³-hybridized carbons (Fsp3) is 0.450. The highest BCUT2D eigenvalue weighted by atomic mass is 31.2. The van der Waals surface area contributed by atoms with Crippen molar-refractivity contribution in [3.05, 3.63) is 53.0 Å². The first-order valence-corrected chi connectivity index (χ1v) is 10.8. The first-order chi connectivity index (χ1) is 12.2. The van der Waals surface area contributed by atoms with E-state index in [1.165, 1.54) is 0 Å². The van der Waals surface area contributed by atoms with Crippen molar-refractivity contribution in [2.45, 2.75) is 46.0 Å². The van der Waals surface area contributed by atoms with Gasteiger partial charge >= 0.3 is 7.60 Å². The number of allylic oxidation sites excluding steroid dienone is 4. The third-order valence-electron chi connectivity index (χ3n) is 5.32. The average Bonchev–Trinajstić information content (AvgIpc) is 2.98. The van der Waals surface area contributed by atoms with E-state index in [1.54, 1.807) is 0 Å².